The normalized spacial score (nSPS) is 16.9. The lowest BCUT2D eigenvalue weighted by Gasteiger charge is -2.25. The lowest BCUT2D eigenvalue weighted by atomic mass is 9.86. The first kappa shape index (κ1) is 10.8. The second-order valence-electron chi connectivity index (χ2n) is 4.12. The predicted octanol–water partition coefficient (Wildman–Crippen LogP) is 1.96. The molecule has 0 bridgehead atoms. The van der Waals surface area contributed by atoms with Crippen molar-refractivity contribution in [3.63, 3.8) is 0 Å². The van der Waals surface area contributed by atoms with Crippen molar-refractivity contribution in [2.24, 2.45) is 16.8 Å². The molecule has 0 aliphatic heterocycles. The minimum absolute atomic E-state index is 0.116. The molecule has 4 heteroatoms. The van der Waals surface area contributed by atoms with Crippen LogP contribution in [0.3, 0.4) is 0 Å². The molecule has 0 radical (unpaired) electrons. The molecule has 1 saturated carbocycles. The molecule has 0 heterocycles. The van der Waals surface area contributed by atoms with Gasteiger partial charge >= 0.3 is 0 Å². The van der Waals surface area contributed by atoms with Gasteiger partial charge < -0.3 is 15.7 Å². The zero-order valence-electron chi connectivity index (χ0n) is 9.10. The summed E-state index contributed by atoms with van der Waals surface area (Å²) in [6.07, 6.45) is 3.89. The summed E-state index contributed by atoms with van der Waals surface area (Å²) in [5, 5.41) is 11.4. The third kappa shape index (κ3) is 2.45. The summed E-state index contributed by atoms with van der Waals surface area (Å²) >= 11 is 0. The van der Waals surface area contributed by atoms with Gasteiger partial charge in [-0.3, -0.25) is 0 Å². The smallest absolute Gasteiger partial charge is 0.170 e. The van der Waals surface area contributed by atoms with Crippen molar-refractivity contribution in [2.45, 2.75) is 19.3 Å². The van der Waals surface area contributed by atoms with E-state index in [-0.39, 0.29) is 5.84 Å². The number of oxime groups is 1. The maximum atomic E-state index is 8.50. The van der Waals surface area contributed by atoms with E-state index in [1.165, 1.54) is 19.3 Å². The fraction of sp³-hybridized carbons (Fsp3) is 0.417. The Labute approximate surface area is 94.7 Å². The third-order valence-corrected chi connectivity index (χ3v) is 2.97. The molecule has 1 aromatic carbocycles. The quantitative estimate of drug-likeness (QED) is 0.353. The van der Waals surface area contributed by atoms with Crippen LogP contribution in [0.25, 0.3) is 0 Å². The van der Waals surface area contributed by atoms with Crippen molar-refractivity contribution < 1.29 is 9.94 Å². The summed E-state index contributed by atoms with van der Waals surface area (Å²) in [7, 11) is 0. The van der Waals surface area contributed by atoms with E-state index in [2.05, 4.69) is 5.16 Å². The first-order chi connectivity index (χ1) is 7.79. The second kappa shape index (κ2) is 4.88. The molecule has 1 aliphatic rings. The largest absolute Gasteiger partial charge is 0.493 e. The molecule has 0 atom stereocenters. The molecule has 1 fully saturated rings. The van der Waals surface area contributed by atoms with E-state index in [0.717, 1.165) is 18.3 Å². The van der Waals surface area contributed by atoms with E-state index >= 15 is 0 Å². The molecule has 1 aromatic rings. The summed E-state index contributed by atoms with van der Waals surface area (Å²) in [6.45, 7) is 0.795. The van der Waals surface area contributed by atoms with E-state index in [1.807, 2.05) is 12.1 Å². The van der Waals surface area contributed by atoms with E-state index in [0.29, 0.717) is 5.56 Å². The molecule has 3 N–H and O–H groups in total. The first-order valence-corrected chi connectivity index (χ1v) is 5.50. The van der Waals surface area contributed by atoms with Gasteiger partial charge in [0.05, 0.1) is 6.61 Å². The van der Waals surface area contributed by atoms with E-state index in [4.69, 9.17) is 15.7 Å². The van der Waals surface area contributed by atoms with Crippen LogP contribution in [-0.4, -0.2) is 17.6 Å². The number of rotatable bonds is 4. The Bertz CT molecular complexity index is 369. The lowest BCUT2D eigenvalue weighted by molar-refractivity contribution is 0.180. The number of nitrogens with two attached hydrogens (primary N) is 1. The lowest BCUT2D eigenvalue weighted by Crippen LogP contribution is -2.19. The Morgan fingerprint density at radius 2 is 2.06 bits per heavy atom. The fourth-order valence-corrected chi connectivity index (χ4v) is 1.65. The monoisotopic (exact) mass is 220 g/mol. The third-order valence-electron chi connectivity index (χ3n) is 2.97. The summed E-state index contributed by atoms with van der Waals surface area (Å²) in [4.78, 5) is 0. The van der Waals surface area contributed by atoms with Gasteiger partial charge in [0.15, 0.2) is 5.84 Å². The standard InChI is InChI=1S/C12H16N2O2/c13-12(14-15)10-4-6-11(7-5-10)16-8-9-2-1-3-9/h4-7,9,15H,1-3,8H2,(H2,13,14). The van der Waals surface area contributed by atoms with Crippen LogP contribution in [0.5, 0.6) is 5.75 Å². The van der Waals surface area contributed by atoms with Gasteiger partial charge in [0.2, 0.25) is 0 Å². The molecule has 16 heavy (non-hydrogen) atoms. The number of benzene rings is 1. The molecule has 86 valence electrons. The van der Waals surface area contributed by atoms with Crippen molar-refractivity contribution in [3.05, 3.63) is 29.8 Å². The fourth-order valence-electron chi connectivity index (χ4n) is 1.65. The molecule has 4 nitrogen and oxygen atoms in total. The van der Waals surface area contributed by atoms with Crippen LogP contribution in [-0.2, 0) is 0 Å². The first-order valence-electron chi connectivity index (χ1n) is 5.50. The topological polar surface area (TPSA) is 67.8 Å². The minimum atomic E-state index is 0.116. The molecule has 0 unspecified atom stereocenters. The van der Waals surface area contributed by atoms with Gasteiger partial charge in [0, 0.05) is 5.56 Å². The van der Waals surface area contributed by atoms with Crippen molar-refractivity contribution >= 4 is 5.84 Å². The predicted molar refractivity (Wildman–Crippen MR) is 61.8 cm³/mol. The highest BCUT2D eigenvalue weighted by molar-refractivity contribution is 5.97. The highest BCUT2D eigenvalue weighted by atomic mass is 16.5. The molecule has 0 spiro atoms. The molecule has 1 aliphatic carbocycles. The van der Waals surface area contributed by atoms with E-state index in [1.54, 1.807) is 12.1 Å². The molecular weight excluding hydrogens is 204 g/mol. The highest BCUT2D eigenvalue weighted by Gasteiger charge is 2.17. The summed E-state index contributed by atoms with van der Waals surface area (Å²) in [5.74, 6) is 1.68. The zero-order chi connectivity index (χ0) is 11.4. The summed E-state index contributed by atoms with van der Waals surface area (Å²) in [6, 6.07) is 7.24. The number of hydrogen-bond donors (Lipinski definition) is 2. The maximum absolute atomic E-state index is 8.50. The average Bonchev–Trinajstić information content (AvgIpc) is 2.27. The van der Waals surface area contributed by atoms with Gasteiger partial charge in [0.1, 0.15) is 5.75 Å². The summed E-state index contributed by atoms with van der Waals surface area (Å²) in [5.41, 5.74) is 6.15. The van der Waals surface area contributed by atoms with Gasteiger partial charge in [-0.05, 0) is 43.0 Å². The van der Waals surface area contributed by atoms with Crippen LogP contribution in [0, 0.1) is 5.92 Å². The van der Waals surface area contributed by atoms with E-state index < -0.39 is 0 Å². The van der Waals surface area contributed by atoms with Gasteiger partial charge in [0.25, 0.3) is 0 Å². The SMILES string of the molecule is NC(=NO)c1ccc(OCC2CCC2)cc1. The van der Waals surface area contributed by atoms with Crippen LogP contribution in [0.15, 0.2) is 29.4 Å². The molecule has 0 aromatic heterocycles. The number of nitrogens with zero attached hydrogens (tertiary/aromatic N) is 1. The maximum Gasteiger partial charge on any atom is 0.170 e. The zero-order valence-corrected chi connectivity index (χ0v) is 9.10. The van der Waals surface area contributed by atoms with Crippen molar-refractivity contribution in [1.29, 1.82) is 0 Å². The summed E-state index contributed by atoms with van der Waals surface area (Å²) < 4.78 is 5.64. The van der Waals surface area contributed by atoms with Crippen molar-refractivity contribution in [1.82, 2.24) is 0 Å². The number of amidine groups is 1. The Balaban J connectivity index is 1.90. The Morgan fingerprint density at radius 3 is 2.56 bits per heavy atom. The van der Waals surface area contributed by atoms with Crippen LogP contribution >= 0.6 is 0 Å². The van der Waals surface area contributed by atoms with Crippen LogP contribution in [0.1, 0.15) is 24.8 Å². The van der Waals surface area contributed by atoms with Gasteiger partial charge in [-0.1, -0.05) is 11.6 Å². The number of ether oxygens (including phenoxy) is 1. The minimum Gasteiger partial charge on any atom is -0.493 e. The number of hydrogen-bond acceptors (Lipinski definition) is 3. The van der Waals surface area contributed by atoms with Gasteiger partial charge in [-0.25, -0.2) is 0 Å². The van der Waals surface area contributed by atoms with Crippen molar-refractivity contribution in [3.8, 4) is 5.75 Å². The molecule has 0 amide bonds. The Hall–Kier alpha value is -1.71. The Morgan fingerprint density at radius 1 is 1.38 bits per heavy atom. The van der Waals surface area contributed by atoms with Crippen LogP contribution < -0.4 is 10.5 Å². The van der Waals surface area contributed by atoms with E-state index in [9.17, 15) is 0 Å². The van der Waals surface area contributed by atoms with Crippen LogP contribution in [0.2, 0.25) is 0 Å². The second-order valence-corrected chi connectivity index (χ2v) is 4.12. The Kier molecular flexibility index (Phi) is 3.29. The van der Waals surface area contributed by atoms with Gasteiger partial charge in [-0.2, -0.15) is 0 Å². The highest BCUT2D eigenvalue weighted by Crippen LogP contribution is 2.27. The molecule has 0 saturated heterocycles. The molecular formula is C12H16N2O2. The van der Waals surface area contributed by atoms with Gasteiger partial charge in [-0.15, -0.1) is 0 Å². The average molecular weight is 220 g/mol. The molecule has 2 rings (SSSR count). The van der Waals surface area contributed by atoms with Crippen molar-refractivity contribution in [2.75, 3.05) is 6.61 Å². The van der Waals surface area contributed by atoms with Crippen LogP contribution in [0.4, 0.5) is 0 Å².